The number of amides is 1. The van der Waals surface area contributed by atoms with E-state index in [1.165, 1.54) is 6.20 Å². The lowest BCUT2D eigenvalue weighted by atomic mass is 9.98. The van der Waals surface area contributed by atoms with Crippen molar-refractivity contribution in [2.75, 3.05) is 5.43 Å². The number of hydrogen-bond acceptors (Lipinski definition) is 4. The number of nitrogens with one attached hydrogen (secondary N) is 2. The van der Waals surface area contributed by atoms with Gasteiger partial charge >= 0.3 is 0 Å². The lowest BCUT2D eigenvalue weighted by Gasteiger charge is -2.25. The second kappa shape index (κ2) is 6.02. The number of halogens is 1. The number of hydrazine groups is 1. The summed E-state index contributed by atoms with van der Waals surface area (Å²) in [5.41, 5.74) is 2.53. The van der Waals surface area contributed by atoms with E-state index in [0.29, 0.717) is 16.4 Å². The minimum Gasteiger partial charge on any atom is -0.347 e. The van der Waals surface area contributed by atoms with Crippen molar-refractivity contribution in [1.82, 2.24) is 10.3 Å². The van der Waals surface area contributed by atoms with E-state index < -0.39 is 0 Å². The van der Waals surface area contributed by atoms with Gasteiger partial charge in [-0.2, -0.15) is 0 Å². The number of nitrogen functional groups attached to an aromatic ring is 1. The van der Waals surface area contributed by atoms with Crippen molar-refractivity contribution in [1.29, 1.82) is 0 Å². The van der Waals surface area contributed by atoms with Gasteiger partial charge in [-0.3, -0.25) is 4.79 Å². The fraction of sp³-hybridized carbons (Fsp3) is 0.500. The molecule has 1 heterocycles. The van der Waals surface area contributed by atoms with Crippen molar-refractivity contribution < 1.29 is 4.79 Å². The van der Waals surface area contributed by atoms with Crippen LogP contribution in [0.5, 0.6) is 0 Å². The van der Waals surface area contributed by atoms with Crippen LogP contribution in [0, 0.1) is 0 Å². The third-order valence-electron chi connectivity index (χ3n) is 2.57. The average molecular weight is 271 g/mol. The zero-order valence-corrected chi connectivity index (χ0v) is 11.6. The summed E-state index contributed by atoms with van der Waals surface area (Å²) in [6.45, 7) is 6.05. The summed E-state index contributed by atoms with van der Waals surface area (Å²) in [6, 6.07) is 1.54. The lowest BCUT2D eigenvalue weighted by molar-refractivity contribution is 0.0908. The normalized spacial score (nSPS) is 11.2. The number of nitrogens with two attached hydrogens (primary N) is 1. The van der Waals surface area contributed by atoms with Crippen molar-refractivity contribution in [2.45, 2.75) is 39.2 Å². The van der Waals surface area contributed by atoms with Crippen LogP contribution in [0.25, 0.3) is 0 Å². The number of hydrogen-bond donors (Lipinski definition) is 3. The van der Waals surface area contributed by atoms with Crippen LogP contribution >= 0.6 is 11.6 Å². The largest absolute Gasteiger partial charge is 0.347 e. The van der Waals surface area contributed by atoms with Crippen LogP contribution in [-0.4, -0.2) is 16.4 Å². The molecule has 0 saturated heterocycles. The molecule has 1 aromatic rings. The van der Waals surface area contributed by atoms with E-state index in [2.05, 4.69) is 22.7 Å². The van der Waals surface area contributed by atoms with Crippen molar-refractivity contribution in [2.24, 2.45) is 5.84 Å². The molecule has 5 nitrogen and oxygen atoms in total. The topological polar surface area (TPSA) is 80.0 Å². The molecule has 1 amide bonds. The molecular weight excluding hydrogens is 252 g/mol. The predicted molar refractivity (Wildman–Crippen MR) is 73.5 cm³/mol. The molecule has 0 unspecified atom stereocenters. The molecule has 0 aliphatic carbocycles. The summed E-state index contributed by atoms with van der Waals surface area (Å²) in [6.07, 6.45) is 3.35. The smallest absolute Gasteiger partial charge is 0.253 e. The maximum atomic E-state index is 12.0. The molecule has 0 bridgehead atoms. The highest BCUT2D eigenvalue weighted by Gasteiger charge is 2.20. The zero-order valence-electron chi connectivity index (χ0n) is 10.9. The summed E-state index contributed by atoms with van der Waals surface area (Å²) >= 11 is 5.92. The van der Waals surface area contributed by atoms with E-state index in [1.54, 1.807) is 6.07 Å². The molecule has 0 atom stereocenters. The van der Waals surface area contributed by atoms with E-state index in [-0.39, 0.29) is 11.4 Å². The Morgan fingerprint density at radius 3 is 2.72 bits per heavy atom. The summed E-state index contributed by atoms with van der Waals surface area (Å²) < 4.78 is 0. The first-order chi connectivity index (χ1) is 8.39. The Bertz CT molecular complexity index is 434. The highest BCUT2D eigenvalue weighted by Crippen LogP contribution is 2.19. The second-order valence-corrected chi connectivity index (χ2v) is 5.19. The summed E-state index contributed by atoms with van der Waals surface area (Å²) in [4.78, 5) is 16.0. The van der Waals surface area contributed by atoms with Crippen molar-refractivity contribution >= 4 is 23.3 Å². The van der Waals surface area contributed by atoms with E-state index >= 15 is 0 Å². The van der Waals surface area contributed by atoms with Gasteiger partial charge in [-0.1, -0.05) is 24.9 Å². The van der Waals surface area contributed by atoms with Gasteiger partial charge in [-0.05, 0) is 26.3 Å². The van der Waals surface area contributed by atoms with Gasteiger partial charge in [-0.25, -0.2) is 10.8 Å². The summed E-state index contributed by atoms with van der Waals surface area (Å²) in [5, 5.41) is 3.27. The molecule has 4 N–H and O–H groups in total. The first-order valence-electron chi connectivity index (χ1n) is 5.84. The molecule has 1 rings (SSSR count). The molecule has 100 valence electrons. The van der Waals surface area contributed by atoms with E-state index in [4.69, 9.17) is 17.4 Å². The number of rotatable bonds is 5. The Morgan fingerprint density at radius 1 is 1.56 bits per heavy atom. The van der Waals surface area contributed by atoms with Crippen LogP contribution in [0.1, 0.15) is 44.0 Å². The van der Waals surface area contributed by atoms with Crippen LogP contribution < -0.4 is 16.6 Å². The molecular formula is C12H19ClN4O. The van der Waals surface area contributed by atoms with E-state index in [0.717, 1.165) is 12.8 Å². The molecule has 1 aromatic heterocycles. The SMILES string of the molecule is CCCC(C)(C)NC(=O)c1cnc(NN)c(Cl)c1. The van der Waals surface area contributed by atoms with Crippen molar-refractivity contribution in [3.8, 4) is 0 Å². The molecule has 18 heavy (non-hydrogen) atoms. The lowest BCUT2D eigenvalue weighted by Crippen LogP contribution is -2.43. The Hall–Kier alpha value is -1.33. The van der Waals surface area contributed by atoms with Crippen LogP contribution in [0.2, 0.25) is 5.02 Å². The van der Waals surface area contributed by atoms with Crippen molar-refractivity contribution in [3.63, 3.8) is 0 Å². The Balaban J connectivity index is 2.82. The first kappa shape index (κ1) is 14.7. The molecule has 6 heteroatoms. The van der Waals surface area contributed by atoms with Gasteiger partial charge in [0.05, 0.1) is 10.6 Å². The Morgan fingerprint density at radius 2 is 2.22 bits per heavy atom. The molecule has 0 aliphatic rings. The monoisotopic (exact) mass is 270 g/mol. The number of anilines is 1. The van der Waals surface area contributed by atoms with Crippen LogP contribution in [-0.2, 0) is 0 Å². The van der Waals surface area contributed by atoms with Gasteiger partial charge in [0.25, 0.3) is 5.91 Å². The Kier molecular flexibility index (Phi) is 4.93. The molecule has 0 fully saturated rings. The summed E-state index contributed by atoms with van der Waals surface area (Å²) in [5.74, 6) is 5.38. The average Bonchev–Trinajstić information content (AvgIpc) is 2.28. The van der Waals surface area contributed by atoms with Crippen LogP contribution in [0.4, 0.5) is 5.82 Å². The maximum absolute atomic E-state index is 12.0. The van der Waals surface area contributed by atoms with Gasteiger partial charge in [-0.15, -0.1) is 0 Å². The minimum atomic E-state index is -0.247. The van der Waals surface area contributed by atoms with Gasteiger partial charge in [0.2, 0.25) is 0 Å². The third-order valence-corrected chi connectivity index (χ3v) is 2.86. The number of carbonyl (C=O) groups is 1. The van der Waals surface area contributed by atoms with Gasteiger partial charge in [0.15, 0.2) is 5.82 Å². The maximum Gasteiger partial charge on any atom is 0.253 e. The molecule has 0 aliphatic heterocycles. The van der Waals surface area contributed by atoms with Gasteiger partial charge < -0.3 is 10.7 Å². The minimum absolute atomic E-state index is 0.188. The van der Waals surface area contributed by atoms with Crippen LogP contribution in [0.15, 0.2) is 12.3 Å². The fourth-order valence-electron chi connectivity index (χ4n) is 1.74. The van der Waals surface area contributed by atoms with E-state index in [1.807, 2.05) is 13.8 Å². The standard InChI is InChI=1S/C12H19ClN4O/c1-4-5-12(2,3)16-11(18)8-6-9(13)10(17-14)15-7-8/h6-7H,4-5,14H2,1-3H3,(H,15,17)(H,16,18). The molecule has 0 aromatic carbocycles. The quantitative estimate of drug-likeness (QED) is 0.567. The Labute approximate surface area is 112 Å². The zero-order chi connectivity index (χ0) is 13.8. The number of aromatic nitrogens is 1. The predicted octanol–water partition coefficient (Wildman–Crippen LogP) is 2.33. The number of carbonyl (C=O) groups excluding carboxylic acids is 1. The number of nitrogens with zero attached hydrogens (tertiary/aromatic N) is 1. The number of pyridine rings is 1. The highest BCUT2D eigenvalue weighted by atomic mass is 35.5. The molecule has 0 spiro atoms. The first-order valence-corrected chi connectivity index (χ1v) is 6.22. The summed E-state index contributed by atoms with van der Waals surface area (Å²) in [7, 11) is 0. The second-order valence-electron chi connectivity index (χ2n) is 4.79. The third kappa shape index (κ3) is 3.85. The van der Waals surface area contributed by atoms with Gasteiger partial charge in [0.1, 0.15) is 0 Å². The van der Waals surface area contributed by atoms with Crippen LogP contribution in [0.3, 0.4) is 0 Å². The molecule has 0 radical (unpaired) electrons. The highest BCUT2D eigenvalue weighted by molar-refractivity contribution is 6.33. The van der Waals surface area contributed by atoms with E-state index in [9.17, 15) is 4.79 Å². The van der Waals surface area contributed by atoms with Gasteiger partial charge in [0, 0.05) is 11.7 Å². The van der Waals surface area contributed by atoms with Crippen molar-refractivity contribution in [3.05, 3.63) is 22.8 Å². The molecule has 0 saturated carbocycles. The fourth-order valence-corrected chi connectivity index (χ4v) is 1.96.